The number of hydrogen-bond acceptors (Lipinski definition) is 6. The summed E-state index contributed by atoms with van der Waals surface area (Å²) < 4.78 is 38.3. The maximum absolute atomic E-state index is 13.1. The average Bonchev–Trinajstić information content (AvgIpc) is 2.85. The van der Waals surface area contributed by atoms with Crippen molar-refractivity contribution in [1.82, 2.24) is 9.21 Å². The average molecular weight is 474 g/mol. The molecule has 2 aromatic carbocycles. The molecule has 2 aromatic rings. The third-order valence-electron chi connectivity index (χ3n) is 5.73. The van der Waals surface area contributed by atoms with Crippen LogP contribution in [0, 0.1) is 0 Å². The Labute approximate surface area is 193 Å². The second kappa shape index (κ2) is 9.90. The molecule has 0 atom stereocenters. The summed E-state index contributed by atoms with van der Waals surface area (Å²) in [6, 6.07) is 14.0. The molecule has 2 amide bonds. The van der Waals surface area contributed by atoms with Gasteiger partial charge in [-0.3, -0.25) is 14.5 Å². The van der Waals surface area contributed by atoms with Gasteiger partial charge in [0.05, 0.1) is 23.8 Å². The SMILES string of the molecule is CCN(Cc1ccccc1)C(=O)CN1C(=O)COc2ccc(S(=O)(=O)N3CCOCC3)cc21. The molecule has 0 aliphatic carbocycles. The first-order valence-corrected chi connectivity index (χ1v) is 12.3. The first-order chi connectivity index (χ1) is 15.9. The second-order valence-electron chi connectivity index (χ2n) is 7.81. The summed E-state index contributed by atoms with van der Waals surface area (Å²) in [6.07, 6.45) is 0. The van der Waals surface area contributed by atoms with Crippen LogP contribution in [0.2, 0.25) is 0 Å². The quantitative estimate of drug-likeness (QED) is 0.605. The highest BCUT2D eigenvalue weighted by atomic mass is 32.2. The van der Waals surface area contributed by atoms with Gasteiger partial charge in [0.1, 0.15) is 12.3 Å². The lowest BCUT2D eigenvalue weighted by molar-refractivity contribution is -0.132. The summed E-state index contributed by atoms with van der Waals surface area (Å²) in [7, 11) is -3.76. The molecule has 4 rings (SSSR count). The zero-order valence-corrected chi connectivity index (χ0v) is 19.3. The van der Waals surface area contributed by atoms with Gasteiger partial charge in [-0.15, -0.1) is 0 Å². The fourth-order valence-corrected chi connectivity index (χ4v) is 5.30. The first kappa shape index (κ1) is 23.2. The fraction of sp³-hybridized carbons (Fsp3) is 0.391. The number of amides is 2. The molecule has 1 saturated heterocycles. The van der Waals surface area contributed by atoms with E-state index in [9.17, 15) is 18.0 Å². The van der Waals surface area contributed by atoms with Gasteiger partial charge in [-0.25, -0.2) is 8.42 Å². The van der Waals surface area contributed by atoms with Crippen LogP contribution in [0.25, 0.3) is 0 Å². The second-order valence-corrected chi connectivity index (χ2v) is 9.75. The number of nitrogens with zero attached hydrogens (tertiary/aromatic N) is 3. The number of carbonyl (C=O) groups excluding carboxylic acids is 2. The van der Waals surface area contributed by atoms with Gasteiger partial charge in [0.2, 0.25) is 15.9 Å². The van der Waals surface area contributed by atoms with Gasteiger partial charge in [-0.05, 0) is 30.7 Å². The van der Waals surface area contributed by atoms with Crippen LogP contribution in [0.5, 0.6) is 5.75 Å². The molecule has 176 valence electrons. The van der Waals surface area contributed by atoms with Crippen molar-refractivity contribution in [3.63, 3.8) is 0 Å². The zero-order chi connectivity index (χ0) is 23.4. The Morgan fingerprint density at radius 3 is 2.52 bits per heavy atom. The summed E-state index contributed by atoms with van der Waals surface area (Å²) in [5, 5.41) is 0. The zero-order valence-electron chi connectivity index (χ0n) is 18.5. The van der Waals surface area contributed by atoms with Crippen LogP contribution < -0.4 is 9.64 Å². The van der Waals surface area contributed by atoms with Crippen molar-refractivity contribution in [3.8, 4) is 5.75 Å². The van der Waals surface area contributed by atoms with E-state index in [0.29, 0.717) is 32.1 Å². The lowest BCUT2D eigenvalue weighted by Crippen LogP contribution is -2.46. The number of rotatable bonds is 7. The number of morpholine rings is 1. The van der Waals surface area contributed by atoms with Gasteiger partial charge < -0.3 is 14.4 Å². The van der Waals surface area contributed by atoms with Crippen molar-refractivity contribution in [3.05, 3.63) is 54.1 Å². The van der Waals surface area contributed by atoms with E-state index in [0.717, 1.165) is 5.56 Å². The molecule has 0 unspecified atom stereocenters. The van der Waals surface area contributed by atoms with Crippen LogP contribution in [0.4, 0.5) is 5.69 Å². The molecule has 0 saturated carbocycles. The number of fused-ring (bicyclic) bond motifs is 1. The Kier molecular flexibility index (Phi) is 6.96. The highest BCUT2D eigenvalue weighted by Gasteiger charge is 2.32. The number of sulfonamides is 1. The molecule has 0 spiro atoms. The van der Waals surface area contributed by atoms with Crippen molar-refractivity contribution in [2.75, 3.05) is 50.9 Å². The minimum atomic E-state index is -3.76. The molecule has 2 aliphatic heterocycles. The van der Waals surface area contributed by atoms with Crippen LogP contribution in [-0.4, -0.2) is 75.4 Å². The minimum Gasteiger partial charge on any atom is -0.482 e. The Balaban J connectivity index is 1.58. The molecular formula is C23H27N3O6S. The van der Waals surface area contributed by atoms with Crippen molar-refractivity contribution < 1.29 is 27.5 Å². The van der Waals surface area contributed by atoms with E-state index in [-0.39, 0.29) is 42.7 Å². The molecule has 2 heterocycles. The predicted octanol–water partition coefficient (Wildman–Crippen LogP) is 1.48. The van der Waals surface area contributed by atoms with Crippen LogP contribution in [0.15, 0.2) is 53.4 Å². The molecule has 9 nitrogen and oxygen atoms in total. The van der Waals surface area contributed by atoms with E-state index in [1.807, 2.05) is 37.3 Å². The highest BCUT2D eigenvalue weighted by Crippen LogP contribution is 2.35. The van der Waals surface area contributed by atoms with Crippen molar-refractivity contribution in [2.24, 2.45) is 0 Å². The van der Waals surface area contributed by atoms with E-state index in [2.05, 4.69) is 0 Å². The Bertz CT molecular complexity index is 1120. The summed E-state index contributed by atoms with van der Waals surface area (Å²) in [5.41, 5.74) is 1.27. The number of benzene rings is 2. The lowest BCUT2D eigenvalue weighted by Gasteiger charge is -2.32. The van der Waals surface area contributed by atoms with E-state index in [4.69, 9.17) is 9.47 Å². The molecule has 10 heteroatoms. The third-order valence-corrected chi connectivity index (χ3v) is 7.62. The van der Waals surface area contributed by atoms with E-state index in [1.165, 1.54) is 27.4 Å². The molecular weight excluding hydrogens is 446 g/mol. The number of carbonyl (C=O) groups is 2. The lowest BCUT2D eigenvalue weighted by atomic mass is 10.2. The van der Waals surface area contributed by atoms with Gasteiger partial charge in [0.15, 0.2) is 6.61 Å². The normalized spacial score (nSPS) is 16.8. The summed E-state index contributed by atoms with van der Waals surface area (Å²) in [5.74, 6) is -0.258. The number of likely N-dealkylation sites (N-methyl/N-ethyl adjacent to an activating group) is 1. The number of anilines is 1. The molecule has 33 heavy (non-hydrogen) atoms. The van der Waals surface area contributed by atoms with Crippen LogP contribution >= 0.6 is 0 Å². The van der Waals surface area contributed by atoms with Gasteiger partial charge in [0.25, 0.3) is 5.91 Å². The van der Waals surface area contributed by atoms with Gasteiger partial charge in [-0.1, -0.05) is 30.3 Å². The largest absolute Gasteiger partial charge is 0.482 e. The summed E-state index contributed by atoms with van der Waals surface area (Å²) in [4.78, 5) is 28.8. The Morgan fingerprint density at radius 2 is 1.82 bits per heavy atom. The third kappa shape index (κ3) is 5.02. The van der Waals surface area contributed by atoms with Crippen molar-refractivity contribution in [2.45, 2.75) is 18.4 Å². The fourth-order valence-electron chi connectivity index (χ4n) is 3.87. The summed E-state index contributed by atoms with van der Waals surface area (Å²) in [6.45, 7) is 3.57. The number of ether oxygens (including phenoxy) is 2. The predicted molar refractivity (Wildman–Crippen MR) is 121 cm³/mol. The monoisotopic (exact) mass is 473 g/mol. The maximum atomic E-state index is 13.1. The van der Waals surface area contributed by atoms with Gasteiger partial charge in [-0.2, -0.15) is 4.31 Å². The molecule has 0 bridgehead atoms. The standard InChI is InChI=1S/C23H27N3O6S/c1-2-24(15-18-6-4-3-5-7-18)22(27)16-26-20-14-19(8-9-21(20)32-17-23(26)28)33(29,30)25-10-12-31-13-11-25/h3-9,14H,2,10-13,15-17H2,1H3. The van der Waals surface area contributed by atoms with Gasteiger partial charge >= 0.3 is 0 Å². The Morgan fingerprint density at radius 1 is 1.09 bits per heavy atom. The van der Waals surface area contributed by atoms with E-state index < -0.39 is 15.9 Å². The molecule has 2 aliphatic rings. The smallest absolute Gasteiger partial charge is 0.265 e. The van der Waals surface area contributed by atoms with E-state index in [1.54, 1.807) is 4.90 Å². The maximum Gasteiger partial charge on any atom is 0.265 e. The highest BCUT2D eigenvalue weighted by molar-refractivity contribution is 7.89. The van der Waals surface area contributed by atoms with E-state index >= 15 is 0 Å². The Hall–Kier alpha value is -2.95. The number of hydrogen-bond donors (Lipinski definition) is 0. The van der Waals surface area contributed by atoms with Crippen LogP contribution in [-0.2, 0) is 30.9 Å². The molecule has 0 N–H and O–H groups in total. The van der Waals surface area contributed by atoms with Crippen molar-refractivity contribution in [1.29, 1.82) is 0 Å². The minimum absolute atomic E-state index is 0.0514. The summed E-state index contributed by atoms with van der Waals surface area (Å²) >= 11 is 0. The van der Waals surface area contributed by atoms with Gasteiger partial charge in [0, 0.05) is 26.2 Å². The van der Waals surface area contributed by atoms with Crippen LogP contribution in [0.1, 0.15) is 12.5 Å². The molecule has 0 radical (unpaired) electrons. The topological polar surface area (TPSA) is 96.5 Å². The first-order valence-electron chi connectivity index (χ1n) is 10.9. The molecule has 1 fully saturated rings. The molecule has 0 aromatic heterocycles. The van der Waals surface area contributed by atoms with Crippen molar-refractivity contribution >= 4 is 27.5 Å². The van der Waals surface area contributed by atoms with Crippen LogP contribution in [0.3, 0.4) is 0 Å².